The fraction of sp³-hybridized carbons (Fsp3) is 0.305. The van der Waals surface area contributed by atoms with Crippen molar-refractivity contribution in [1.29, 1.82) is 0 Å². The summed E-state index contributed by atoms with van der Waals surface area (Å²) >= 11 is 0. The number of rotatable bonds is 32. The van der Waals surface area contributed by atoms with E-state index in [0.29, 0.717) is 0 Å². The maximum absolute atomic E-state index is 2.65. The molecule has 0 heterocycles. The molecule has 0 N–H and O–H groups in total. The van der Waals surface area contributed by atoms with Crippen LogP contribution in [0, 0.1) is 0 Å². The summed E-state index contributed by atoms with van der Waals surface area (Å²) in [7, 11) is 0. The van der Waals surface area contributed by atoms with Gasteiger partial charge >= 0.3 is 0 Å². The molecule has 0 radical (unpaired) electrons. The summed E-state index contributed by atoms with van der Waals surface area (Å²) in [6, 6.07) is 114. The molecule has 4 aliphatic carbocycles. The highest BCUT2D eigenvalue weighted by atomic mass is 15.2. The summed E-state index contributed by atoms with van der Waals surface area (Å²) in [4.78, 5) is 5.28. The van der Waals surface area contributed by atoms with E-state index in [1.54, 1.807) is 22.3 Å². The van der Waals surface area contributed by atoms with Gasteiger partial charge in [-0.05, 0) is 208 Å². The van der Waals surface area contributed by atoms with E-state index < -0.39 is 0 Å². The lowest BCUT2D eigenvalue weighted by molar-refractivity contribution is 0.399. The second-order valence-corrected chi connectivity index (χ2v) is 37.1. The zero-order chi connectivity index (χ0) is 81.7. The molecule has 0 amide bonds. The smallest absolute Gasteiger partial charge is 0.0620 e. The van der Waals surface area contributed by atoms with Gasteiger partial charge in [-0.15, -0.1) is 0 Å². The van der Waals surface area contributed by atoms with Crippen LogP contribution in [0.3, 0.4) is 0 Å². The standard InChI is InChI=1S/C118H120N2/c1-9-13-17-21-37-71-117(72-38-22-18-14-10-2)103-55-35-33-49-91(103)97-67-61-85(77-109(97)117)83-59-65-93-95-69-63-87(79-107(95)115(5,6)105(93)75-83)119(111-57-41-45-81-43-25-27-47-89(81)111)113-99-51-29-31-53-101(99)114(102-54-32-30-52-100(102)113)120(112-58-42-46-82-44-26-28-48-90(82)112)88-64-70-96-94-66-60-84(76-106(94)116(7,8)108(96)80-88)86-62-68-98-92-50-34-36-56-104(92)118(110(98)78-86,73-39-23-19-15-11-3)74-40-24-20-16-12-4/h25-36,41-70,75-80H,9-24,37-40,71-74H2,1-8H3. The first-order valence-corrected chi connectivity index (χ1v) is 46.5. The molecule has 0 atom stereocenters. The molecule has 0 saturated carbocycles. The first-order valence-electron chi connectivity index (χ1n) is 46.5. The molecule has 0 bridgehead atoms. The Morgan fingerprint density at radius 2 is 0.467 bits per heavy atom. The molecule has 0 spiro atoms. The summed E-state index contributed by atoms with van der Waals surface area (Å²) in [6.07, 6.45) is 30.7. The van der Waals surface area contributed by atoms with Crippen LogP contribution in [0.5, 0.6) is 0 Å². The summed E-state index contributed by atoms with van der Waals surface area (Å²) in [5.41, 5.74) is 34.3. The molecule has 4 aliphatic rings. The largest absolute Gasteiger partial charge is 0.309 e. The molecular formula is C118H120N2. The van der Waals surface area contributed by atoms with Crippen LogP contribution >= 0.6 is 0 Å². The van der Waals surface area contributed by atoms with Crippen LogP contribution in [0.25, 0.3) is 110 Å². The second-order valence-electron chi connectivity index (χ2n) is 37.1. The van der Waals surface area contributed by atoms with Gasteiger partial charge in [0.25, 0.3) is 0 Å². The van der Waals surface area contributed by atoms with Gasteiger partial charge in [0.2, 0.25) is 0 Å². The quantitative estimate of drug-likeness (QED) is 0.0236. The van der Waals surface area contributed by atoms with Crippen LogP contribution in [0.4, 0.5) is 34.1 Å². The first kappa shape index (κ1) is 78.8. The van der Waals surface area contributed by atoms with Gasteiger partial charge in [-0.2, -0.15) is 0 Å². The van der Waals surface area contributed by atoms with Crippen molar-refractivity contribution in [2.45, 2.75) is 231 Å². The summed E-state index contributed by atoms with van der Waals surface area (Å²) < 4.78 is 0. The molecule has 0 aliphatic heterocycles. The Kier molecular flexibility index (Phi) is 21.8. The van der Waals surface area contributed by atoms with Crippen LogP contribution in [-0.4, -0.2) is 0 Å². The van der Waals surface area contributed by atoms with Crippen LogP contribution in [0.15, 0.2) is 291 Å². The van der Waals surface area contributed by atoms with Crippen LogP contribution in [-0.2, 0) is 21.7 Å². The van der Waals surface area contributed by atoms with Crippen molar-refractivity contribution in [3.05, 3.63) is 336 Å². The number of hydrogen-bond acceptors (Lipinski definition) is 2. The molecule has 2 heteroatoms. The molecular weight excluding hydrogens is 1450 g/mol. The lowest BCUT2D eigenvalue weighted by atomic mass is 9.70. The normalized spacial score (nSPS) is 14.4. The number of nitrogens with zero attached hydrogens (tertiary/aromatic N) is 2. The second kappa shape index (κ2) is 33.2. The average molecular weight is 1570 g/mol. The van der Waals surface area contributed by atoms with Crippen molar-refractivity contribution >= 4 is 77.2 Å². The third kappa shape index (κ3) is 13.6. The van der Waals surface area contributed by atoms with Gasteiger partial charge in [-0.25, -0.2) is 0 Å². The van der Waals surface area contributed by atoms with Crippen molar-refractivity contribution in [3.8, 4) is 66.8 Å². The zero-order valence-electron chi connectivity index (χ0n) is 72.6. The lowest BCUT2D eigenvalue weighted by Gasteiger charge is -2.34. The molecule has 0 saturated heterocycles. The van der Waals surface area contributed by atoms with Crippen molar-refractivity contribution in [2.24, 2.45) is 0 Å². The van der Waals surface area contributed by atoms with Crippen LogP contribution in [0.2, 0.25) is 0 Å². The Balaban J connectivity index is 0.719. The third-order valence-electron chi connectivity index (χ3n) is 29.2. The van der Waals surface area contributed by atoms with Crippen molar-refractivity contribution in [3.63, 3.8) is 0 Å². The highest BCUT2D eigenvalue weighted by Gasteiger charge is 2.46. The SMILES string of the molecule is CCCCCCCC1(CCCCCCC)c2ccccc2-c2ccc(-c3ccc4c(c3)C(C)(C)c3cc(N(c5cccc6ccccc56)c5c6ccccc6c(N(c6ccc7c(c6)C(C)(C)c6cc(-c8ccc9c(c8)C(CCCCCCC)(CCCCCCC)c8ccccc8-9)ccc6-7)c6cccc7ccccc67)c6ccccc56)ccc3-4)cc21. The minimum absolute atomic E-state index is 0.0141. The Hall–Kier alpha value is -11.1. The molecule has 0 unspecified atom stereocenters. The lowest BCUT2D eigenvalue weighted by Crippen LogP contribution is -2.25. The van der Waals surface area contributed by atoms with Gasteiger partial charge in [0, 0.05) is 65.4 Å². The van der Waals surface area contributed by atoms with Gasteiger partial charge in [0.15, 0.2) is 0 Å². The molecule has 0 fully saturated rings. The van der Waals surface area contributed by atoms with Crippen LogP contribution in [0.1, 0.15) is 254 Å². The Morgan fingerprint density at radius 1 is 0.208 bits per heavy atom. The van der Waals surface area contributed by atoms with Gasteiger partial charge in [0.1, 0.15) is 0 Å². The number of unbranched alkanes of at least 4 members (excludes halogenated alkanes) is 16. The fourth-order valence-electron chi connectivity index (χ4n) is 23.0. The molecule has 19 rings (SSSR count). The Labute approximate surface area is 715 Å². The van der Waals surface area contributed by atoms with E-state index in [2.05, 4.69) is 356 Å². The highest BCUT2D eigenvalue weighted by molar-refractivity contribution is 6.25. The maximum atomic E-state index is 2.65. The van der Waals surface area contributed by atoms with E-state index in [1.165, 1.54) is 286 Å². The highest BCUT2D eigenvalue weighted by Crippen LogP contribution is 2.61. The van der Waals surface area contributed by atoms with Gasteiger partial charge in [-0.3, -0.25) is 0 Å². The summed E-state index contributed by atoms with van der Waals surface area (Å²) in [5.74, 6) is 0. The predicted molar refractivity (Wildman–Crippen MR) is 518 cm³/mol. The van der Waals surface area contributed by atoms with Crippen LogP contribution < -0.4 is 9.80 Å². The van der Waals surface area contributed by atoms with E-state index in [1.807, 2.05) is 0 Å². The minimum Gasteiger partial charge on any atom is -0.309 e. The van der Waals surface area contributed by atoms with E-state index in [-0.39, 0.29) is 21.7 Å². The van der Waals surface area contributed by atoms with Crippen molar-refractivity contribution < 1.29 is 0 Å². The van der Waals surface area contributed by atoms with E-state index in [4.69, 9.17) is 0 Å². The molecule has 2 nitrogen and oxygen atoms in total. The number of fused-ring (bicyclic) bond motifs is 16. The molecule has 15 aromatic carbocycles. The van der Waals surface area contributed by atoms with Gasteiger partial charge in [0.05, 0.1) is 22.7 Å². The molecule has 15 aromatic rings. The summed E-state index contributed by atoms with van der Waals surface area (Å²) in [5, 5.41) is 9.55. The molecule has 120 heavy (non-hydrogen) atoms. The molecule has 602 valence electrons. The Morgan fingerprint density at radius 3 is 0.808 bits per heavy atom. The number of anilines is 6. The minimum atomic E-state index is -0.320. The van der Waals surface area contributed by atoms with E-state index in [0.717, 1.165) is 34.1 Å². The third-order valence-corrected chi connectivity index (χ3v) is 29.2. The Bertz CT molecular complexity index is 5870. The first-order chi connectivity index (χ1) is 58.9. The average Bonchev–Trinajstić information content (AvgIpc) is 1.40. The van der Waals surface area contributed by atoms with Crippen molar-refractivity contribution in [2.75, 3.05) is 9.80 Å². The predicted octanol–water partition coefficient (Wildman–Crippen LogP) is 35.2. The number of benzene rings is 15. The van der Waals surface area contributed by atoms with Crippen molar-refractivity contribution in [1.82, 2.24) is 0 Å². The van der Waals surface area contributed by atoms with Gasteiger partial charge in [-0.1, -0.05) is 414 Å². The monoisotopic (exact) mass is 1560 g/mol. The fourth-order valence-corrected chi connectivity index (χ4v) is 23.0. The molecule has 0 aromatic heterocycles. The summed E-state index contributed by atoms with van der Waals surface area (Å²) in [6.45, 7) is 19.3. The van der Waals surface area contributed by atoms with E-state index >= 15 is 0 Å². The van der Waals surface area contributed by atoms with Gasteiger partial charge < -0.3 is 9.80 Å². The maximum Gasteiger partial charge on any atom is 0.0620 e. The van der Waals surface area contributed by atoms with E-state index in [9.17, 15) is 0 Å². The topological polar surface area (TPSA) is 6.48 Å². The number of hydrogen-bond donors (Lipinski definition) is 0. The zero-order valence-corrected chi connectivity index (χ0v) is 72.6.